The molecule has 2 bridgehead atoms. The van der Waals surface area contributed by atoms with E-state index < -0.39 is 10.0 Å². The van der Waals surface area contributed by atoms with Gasteiger partial charge < -0.3 is 10.1 Å². The van der Waals surface area contributed by atoms with Crippen LogP contribution < -0.4 is 5.32 Å². The zero-order valence-corrected chi connectivity index (χ0v) is 15.0. The molecular formula is C18H24N2O4S. The average molecular weight is 364 g/mol. The van der Waals surface area contributed by atoms with Crippen molar-refractivity contribution in [2.45, 2.75) is 30.6 Å². The number of carbonyl (C=O) groups excluding carboxylic acids is 1. The number of nitrogens with one attached hydrogen (secondary N) is 1. The second kappa shape index (κ2) is 6.70. The van der Waals surface area contributed by atoms with Crippen LogP contribution in [0.1, 0.15) is 25.7 Å². The van der Waals surface area contributed by atoms with E-state index in [2.05, 4.69) is 5.32 Å². The van der Waals surface area contributed by atoms with Gasteiger partial charge in [0, 0.05) is 24.7 Å². The summed E-state index contributed by atoms with van der Waals surface area (Å²) >= 11 is 0. The predicted octanol–water partition coefficient (Wildman–Crippen LogP) is 2.08. The molecule has 1 aliphatic heterocycles. The van der Waals surface area contributed by atoms with Crippen LogP contribution in [-0.2, 0) is 19.6 Å². The molecule has 0 spiro atoms. The van der Waals surface area contributed by atoms with E-state index in [1.54, 1.807) is 24.3 Å². The summed E-state index contributed by atoms with van der Waals surface area (Å²) in [6, 6.07) is 6.58. The lowest BCUT2D eigenvalue weighted by atomic mass is 9.88. The average Bonchev–Trinajstić information content (AvgIpc) is 3.26. The van der Waals surface area contributed by atoms with Crippen molar-refractivity contribution in [2.75, 3.05) is 31.6 Å². The third kappa shape index (κ3) is 3.32. The van der Waals surface area contributed by atoms with E-state index in [1.165, 1.54) is 17.1 Å². The number of rotatable bonds is 4. The van der Waals surface area contributed by atoms with E-state index in [0.29, 0.717) is 43.8 Å². The van der Waals surface area contributed by atoms with Crippen LogP contribution in [0.25, 0.3) is 0 Å². The van der Waals surface area contributed by atoms with Crippen molar-refractivity contribution in [3.05, 3.63) is 24.3 Å². The van der Waals surface area contributed by atoms with Gasteiger partial charge in [-0.25, -0.2) is 8.42 Å². The highest BCUT2D eigenvalue weighted by molar-refractivity contribution is 7.89. The number of nitrogens with zero attached hydrogens (tertiary/aromatic N) is 1. The minimum atomic E-state index is -3.55. The van der Waals surface area contributed by atoms with Crippen LogP contribution in [0, 0.1) is 17.8 Å². The fourth-order valence-corrected chi connectivity index (χ4v) is 5.93. The van der Waals surface area contributed by atoms with E-state index in [0.717, 1.165) is 12.8 Å². The van der Waals surface area contributed by atoms with Gasteiger partial charge in [-0.3, -0.25) is 4.79 Å². The topological polar surface area (TPSA) is 75.7 Å². The van der Waals surface area contributed by atoms with Crippen LogP contribution in [0.15, 0.2) is 29.2 Å². The minimum absolute atomic E-state index is 0.0353. The third-order valence-electron chi connectivity index (χ3n) is 5.78. The molecule has 3 fully saturated rings. The van der Waals surface area contributed by atoms with Gasteiger partial charge in [-0.1, -0.05) is 12.5 Å². The first kappa shape index (κ1) is 17.0. The zero-order chi connectivity index (χ0) is 17.4. The number of fused-ring (bicyclic) bond motifs is 2. The SMILES string of the molecule is O=C(Nc1cccc(S(=O)(=O)N2CCOCC2)c1)[C@@H]1C[C@H]2CC[C@H]1C2. The predicted molar refractivity (Wildman–Crippen MR) is 93.6 cm³/mol. The number of carbonyl (C=O) groups is 1. The Morgan fingerprint density at radius 2 is 1.96 bits per heavy atom. The van der Waals surface area contributed by atoms with Gasteiger partial charge in [0.25, 0.3) is 0 Å². The first-order chi connectivity index (χ1) is 12.0. The van der Waals surface area contributed by atoms with Crippen molar-refractivity contribution in [2.24, 2.45) is 17.8 Å². The number of morpholine rings is 1. The molecule has 2 aliphatic carbocycles. The molecule has 1 amide bonds. The van der Waals surface area contributed by atoms with Crippen LogP contribution in [0.5, 0.6) is 0 Å². The molecule has 136 valence electrons. The van der Waals surface area contributed by atoms with Gasteiger partial charge in [0.1, 0.15) is 0 Å². The highest BCUT2D eigenvalue weighted by Crippen LogP contribution is 2.48. The summed E-state index contributed by atoms with van der Waals surface area (Å²) in [6.07, 6.45) is 4.54. The summed E-state index contributed by atoms with van der Waals surface area (Å²) in [5, 5.41) is 2.94. The first-order valence-corrected chi connectivity index (χ1v) is 10.5. The zero-order valence-electron chi connectivity index (χ0n) is 14.2. The first-order valence-electron chi connectivity index (χ1n) is 9.03. The van der Waals surface area contributed by atoms with E-state index in [-0.39, 0.29) is 16.7 Å². The largest absolute Gasteiger partial charge is 0.379 e. The maximum absolute atomic E-state index is 12.7. The van der Waals surface area contributed by atoms with Gasteiger partial charge in [-0.2, -0.15) is 4.31 Å². The molecule has 3 atom stereocenters. The van der Waals surface area contributed by atoms with Crippen LogP contribution in [0.4, 0.5) is 5.69 Å². The standard InChI is InChI=1S/C18H24N2O4S/c21-18(17-11-13-4-5-14(17)10-13)19-15-2-1-3-16(12-15)25(22,23)20-6-8-24-9-7-20/h1-3,12-14,17H,4-11H2,(H,19,21)/t13-,14-,17+/m0/s1. The lowest BCUT2D eigenvalue weighted by Gasteiger charge is -2.26. The van der Waals surface area contributed by atoms with Crippen LogP contribution in [-0.4, -0.2) is 44.9 Å². The quantitative estimate of drug-likeness (QED) is 0.888. The number of benzene rings is 1. The molecule has 1 saturated heterocycles. The molecule has 1 aromatic rings. The molecule has 25 heavy (non-hydrogen) atoms. The van der Waals surface area contributed by atoms with Crippen molar-refractivity contribution < 1.29 is 17.9 Å². The fraction of sp³-hybridized carbons (Fsp3) is 0.611. The lowest BCUT2D eigenvalue weighted by molar-refractivity contribution is -0.121. The van der Waals surface area contributed by atoms with Gasteiger partial charge in [-0.15, -0.1) is 0 Å². The number of ether oxygens (including phenoxy) is 1. The molecule has 2 saturated carbocycles. The normalized spacial score (nSPS) is 29.7. The summed E-state index contributed by atoms with van der Waals surface area (Å²) in [5.41, 5.74) is 0.558. The number of hydrogen-bond acceptors (Lipinski definition) is 4. The Balaban J connectivity index is 1.48. The van der Waals surface area contributed by atoms with Crippen molar-refractivity contribution in [1.29, 1.82) is 0 Å². The molecule has 3 aliphatic rings. The van der Waals surface area contributed by atoms with Crippen molar-refractivity contribution in [1.82, 2.24) is 4.31 Å². The highest BCUT2D eigenvalue weighted by atomic mass is 32.2. The number of amides is 1. The third-order valence-corrected chi connectivity index (χ3v) is 7.68. The monoisotopic (exact) mass is 364 g/mol. The molecule has 1 aromatic carbocycles. The molecule has 0 unspecified atom stereocenters. The number of anilines is 1. The Hall–Kier alpha value is -1.44. The Kier molecular flexibility index (Phi) is 4.56. The van der Waals surface area contributed by atoms with E-state index in [4.69, 9.17) is 4.74 Å². The van der Waals surface area contributed by atoms with E-state index >= 15 is 0 Å². The van der Waals surface area contributed by atoms with Crippen molar-refractivity contribution in [3.8, 4) is 0 Å². The van der Waals surface area contributed by atoms with E-state index in [9.17, 15) is 13.2 Å². The Bertz CT molecular complexity index is 758. The lowest BCUT2D eigenvalue weighted by Crippen LogP contribution is -2.40. The second-order valence-corrected chi connectivity index (χ2v) is 9.25. The Morgan fingerprint density at radius 3 is 2.64 bits per heavy atom. The van der Waals surface area contributed by atoms with Crippen molar-refractivity contribution in [3.63, 3.8) is 0 Å². The summed E-state index contributed by atoms with van der Waals surface area (Å²) in [5.74, 6) is 1.32. The Labute approximate surface area is 148 Å². The van der Waals surface area contributed by atoms with Gasteiger partial charge >= 0.3 is 0 Å². The Morgan fingerprint density at radius 1 is 1.16 bits per heavy atom. The molecule has 4 rings (SSSR count). The molecule has 1 heterocycles. The van der Waals surface area contributed by atoms with Crippen LogP contribution in [0.3, 0.4) is 0 Å². The molecule has 7 heteroatoms. The van der Waals surface area contributed by atoms with Crippen molar-refractivity contribution >= 4 is 21.6 Å². The van der Waals surface area contributed by atoms with Gasteiger partial charge in [0.05, 0.1) is 18.1 Å². The smallest absolute Gasteiger partial charge is 0.243 e. The minimum Gasteiger partial charge on any atom is -0.379 e. The fourth-order valence-electron chi connectivity index (χ4n) is 4.47. The number of sulfonamides is 1. The maximum atomic E-state index is 12.7. The molecule has 0 radical (unpaired) electrons. The van der Waals surface area contributed by atoms with Gasteiger partial charge in [0.15, 0.2) is 0 Å². The number of hydrogen-bond donors (Lipinski definition) is 1. The maximum Gasteiger partial charge on any atom is 0.243 e. The molecule has 1 N–H and O–H groups in total. The van der Waals surface area contributed by atoms with Gasteiger partial charge in [0.2, 0.25) is 15.9 Å². The second-order valence-electron chi connectivity index (χ2n) is 7.31. The van der Waals surface area contributed by atoms with Gasteiger partial charge in [-0.05, 0) is 49.3 Å². The summed E-state index contributed by atoms with van der Waals surface area (Å²) < 4.78 is 32.1. The summed E-state index contributed by atoms with van der Waals surface area (Å²) in [7, 11) is -3.55. The summed E-state index contributed by atoms with van der Waals surface area (Å²) in [6.45, 7) is 1.56. The van der Waals surface area contributed by atoms with Crippen LogP contribution >= 0.6 is 0 Å². The van der Waals surface area contributed by atoms with Crippen LogP contribution in [0.2, 0.25) is 0 Å². The highest BCUT2D eigenvalue weighted by Gasteiger charge is 2.43. The van der Waals surface area contributed by atoms with E-state index in [1.807, 2.05) is 0 Å². The molecular weight excluding hydrogens is 340 g/mol. The molecule has 6 nitrogen and oxygen atoms in total. The molecule has 0 aromatic heterocycles. The summed E-state index contributed by atoms with van der Waals surface area (Å²) in [4.78, 5) is 12.8.